The fourth-order valence-electron chi connectivity index (χ4n) is 4.64. The van der Waals surface area contributed by atoms with Gasteiger partial charge in [-0.3, -0.25) is 9.59 Å². The molecule has 2 aliphatic heterocycles. The van der Waals surface area contributed by atoms with Crippen LogP contribution in [0.15, 0.2) is 66.8 Å². The van der Waals surface area contributed by atoms with Crippen LogP contribution in [0.1, 0.15) is 36.9 Å². The molecule has 0 bridgehead atoms. The van der Waals surface area contributed by atoms with Gasteiger partial charge < -0.3 is 28.8 Å². The molecule has 2 aromatic carbocycles. The molecular formula is C28H29N3O6. The molecule has 0 radical (unpaired) electrons. The van der Waals surface area contributed by atoms with Crippen molar-refractivity contribution in [1.82, 2.24) is 14.5 Å². The normalized spacial score (nSPS) is 18.3. The summed E-state index contributed by atoms with van der Waals surface area (Å²) >= 11 is 0. The highest BCUT2D eigenvalue weighted by molar-refractivity contribution is 6.46. The maximum Gasteiger partial charge on any atom is 0.295 e. The first-order chi connectivity index (χ1) is 18.1. The van der Waals surface area contributed by atoms with E-state index in [0.717, 1.165) is 6.42 Å². The number of rotatable bonds is 9. The summed E-state index contributed by atoms with van der Waals surface area (Å²) in [6.45, 7) is 4.36. The Morgan fingerprint density at radius 1 is 1.11 bits per heavy atom. The summed E-state index contributed by atoms with van der Waals surface area (Å²) in [4.78, 5) is 32.2. The van der Waals surface area contributed by atoms with Gasteiger partial charge in [-0.05, 0) is 48.7 Å². The molecule has 192 valence electrons. The molecule has 3 aromatic rings. The first kappa shape index (κ1) is 24.4. The Kier molecular flexibility index (Phi) is 7.11. The van der Waals surface area contributed by atoms with Crippen LogP contribution in [-0.4, -0.2) is 57.6 Å². The number of hydrogen-bond donors (Lipinski definition) is 1. The van der Waals surface area contributed by atoms with E-state index in [1.807, 2.05) is 42.0 Å². The Hall–Kier alpha value is -4.27. The Morgan fingerprint density at radius 3 is 2.73 bits per heavy atom. The van der Waals surface area contributed by atoms with Crippen LogP contribution in [0.3, 0.4) is 0 Å². The summed E-state index contributed by atoms with van der Waals surface area (Å²) in [5.74, 6) is 0.0750. The number of aryl methyl sites for hydroxylation is 1. The number of Topliss-reactive ketones (excluding diaryl/α,β-unsaturated/α-hetero) is 1. The zero-order valence-electron chi connectivity index (χ0n) is 20.6. The number of imidazole rings is 1. The molecule has 1 aromatic heterocycles. The van der Waals surface area contributed by atoms with Crippen molar-refractivity contribution in [2.24, 2.45) is 0 Å². The van der Waals surface area contributed by atoms with Crippen LogP contribution in [0.2, 0.25) is 0 Å². The molecule has 37 heavy (non-hydrogen) atoms. The Morgan fingerprint density at radius 2 is 1.95 bits per heavy atom. The number of nitrogens with zero attached hydrogens (tertiary/aromatic N) is 3. The second-order valence-corrected chi connectivity index (χ2v) is 8.93. The van der Waals surface area contributed by atoms with Crippen molar-refractivity contribution in [2.45, 2.75) is 32.4 Å². The largest absolute Gasteiger partial charge is 0.507 e. The van der Waals surface area contributed by atoms with Gasteiger partial charge in [-0.2, -0.15) is 0 Å². The van der Waals surface area contributed by atoms with E-state index in [2.05, 4.69) is 4.98 Å². The van der Waals surface area contributed by atoms with E-state index in [4.69, 9.17) is 14.2 Å². The SMILES string of the molecule is CCCOc1cccc([C@H]2C(=C(O)c3ccc4c(c3)OCCO4)C(=O)C(=O)N2CCCn2ccnc2)c1. The minimum atomic E-state index is -0.763. The Bertz CT molecular complexity index is 1320. The molecule has 2 aliphatic rings. The predicted molar refractivity (Wildman–Crippen MR) is 136 cm³/mol. The summed E-state index contributed by atoms with van der Waals surface area (Å²) in [6.07, 6.45) is 6.71. The maximum absolute atomic E-state index is 13.3. The molecule has 1 amide bonds. The lowest BCUT2D eigenvalue weighted by Gasteiger charge is -2.26. The van der Waals surface area contributed by atoms with Crippen LogP contribution in [0.25, 0.3) is 5.76 Å². The Balaban J connectivity index is 1.53. The van der Waals surface area contributed by atoms with Gasteiger partial charge in [0.1, 0.15) is 24.7 Å². The van der Waals surface area contributed by atoms with Crippen molar-refractivity contribution in [3.63, 3.8) is 0 Å². The zero-order chi connectivity index (χ0) is 25.8. The number of amides is 1. The van der Waals surface area contributed by atoms with Gasteiger partial charge in [0.2, 0.25) is 0 Å². The minimum absolute atomic E-state index is 0.0388. The number of aliphatic hydroxyl groups is 1. The summed E-state index contributed by atoms with van der Waals surface area (Å²) in [7, 11) is 0. The molecule has 1 fully saturated rings. The third kappa shape index (κ3) is 5.02. The molecule has 9 nitrogen and oxygen atoms in total. The summed E-state index contributed by atoms with van der Waals surface area (Å²) in [6, 6.07) is 11.6. The van der Waals surface area contributed by atoms with Gasteiger partial charge in [-0.1, -0.05) is 19.1 Å². The quantitative estimate of drug-likeness (QED) is 0.268. The number of likely N-dealkylation sites (tertiary alicyclic amines) is 1. The lowest BCUT2D eigenvalue weighted by atomic mass is 9.95. The lowest BCUT2D eigenvalue weighted by Crippen LogP contribution is -2.31. The van der Waals surface area contributed by atoms with Crippen molar-refractivity contribution in [1.29, 1.82) is 0 Å². The van der Waals surface area contributed by atoms with Gasteiger partial charge >= 0.3 is 0 Å². The van der Waals surface area contributed by atoms with Gasteiger partial charge in [0.05, 0.1) is 24.5 Å². The van der Waals surface area contributed by atoms with E-state index in [1.54, 1.807) is 30.7 Å². The van der Waals surface area contributed by atoms with E-state index in [1.165, 1.54) is 4.90 Å². The van der Waals surface area contributed by atoms with Crippen LogP contribution in [0.4, 0.5) is 0 Å². The smallest absolute Gasteiger partial charge is 0.295 e. The van der Waals surface area contributed by atoms with Crippen LogP contribution in [0, 0.1) is 0 Å². The first-order valence-electron chi connectivity index (χ1n) is 12.4. The van der Waals surface area contributed by atoms with Crippen LogP contribution < -0.4 is 14.2 Å². The molecule has 0 spiro atoms. The highest BCUT2D eigenvalue weighted by Gasteiger charge is 2.46. The monoisotopic (exact) mass is 503 g/mol. The van der Waals surface area contributed by atoms with E-state index < -0.39 is 17.7 Å². The molecule has 0 unspecified atom stereocenters. The second kappa shape index (κ2) is 10.8. The third-order valence-electron chi connectivity index (χ3n) is 6.38. The van der Waals surface area contributed by atoms with E-state index in [9.17, 15) is 14.7 Å². The second-order valence-electron chi connectivity index (χ2n) is 8.93. The van der Waals surface area contributed by atoms with Crippen LogP contribution in [-0.2, 0) is 16.1 Å². The number of aromatic nitrogens is 2. The molecule has 1 atom stereocenters. The number of ketones is 1. The molecule has 1 saturated heterocycles. The van der Waals surface area contributed by atoms with E-state index >= 15 is 0 Å². The van der Waals surface area contributed by atoms with Gasteiger partial charge in [0, 0.05) is 31.0 Å². The maximum atomic E-state index is 13.3. The molecule has 9 heteroatoms. The summed E-state index contributed by atoms with van der Waals surface area (Å²) < 4.78 is 19.0. The zero-order valence-corrected chi connectivity index (χ0v) is 20.6. The van der Waals surface area contributed by atoms with Crippen molar-refractivity contribution in [3.05, 3.63) is 77.9 Å². The molecule has 0 aliphatic carbocycles. The van der Waals surface area contributed by atoms with Gasteiger partial charge in [0.25, 0.3) is 11.7 Å². The van der Waals surface area contributed by atoms with Gasteiger partial charge in [0.15, 0.2) is 11.5 Å². The molecule has 3 heterocycles. The number of ether oxygens (including phenoxy) is 3. The highest BCUT2D eigenvalue weighted by atomic mass is 16.6. The fraction of sp³-hybridized carbons (Fsp3) is 0.321. The highest BCUT2D eigenvalue weighted by Crippen LogP contribution is 2.41. The fourth-order valence-corrected chi connectivity index (χ4v) is 4.64. The average Bonchev–Trinajstić information content (AvgIpc) is 3.54. The van der Waals surface area contributed by atoms with Crippen LogP contribution in [0.5, 0.6) is 17.2 Å². The number of fused-ring (bicyclic) bond motifs is 1. The number of carbonyl (C=O) groups excluding carboxylic acids is 2. The molecule has 5 rings (SSSR count). The number of benzene rings is 2. The first-order valence-corrected chi connectivity index (χ1v) is 12.4. The predicted octanol–water partition coefficient (Wildman–Crippen LogP) is 3.96. The average molecular weight is 504 g/mol. The summed E-state index contributed by atoms with van der Waals surface area (Å²) in [5, 5.41) is 11.4. The number of aliphatic hydroxyl groups excluding tert-OH is 1. The lowest BCUT2D eigenvalue weighted by molar-refractivity contribution is -0.139. The third-order valence-corrected chi connectivity index (χ3v) is 6.38. The van der Waals surface area contributed by atoms with E-state index in [-0.39, 0.29) is 11.3 Å². The molecular weight excluding hydrogens is 474 g/mol. The standard InChI is InChI=1S/C28H29N3O6/c1-2-13-35-21-6-3-5-19(16-21)25-24(26(32)20-7-8-22-23(17-20)37-15-14-36-22)27(33)28(34)31(25)11-4-10-30-12-9-29-18-30/h3,5-9,12,16-18,25,32H,2,4,10-11,13-15H2,1H3/t25-/m0/s1. The number of hydrogen-bond acceptors (Lipinski definition) is 7. The molecule has 0 saturated carbocycles. The van der Waals surface area contributed by atoms with Crippen molar-refractivity contribution >= 4 is 17.4 Å². The van der Waals surface area contributed by atoms with Crippen molar-refractivity contribution < 1.29 is 28.9 Å². The Labute approximate surface area is 214 Å². The minimum Gasteiger partial charge on any atom is -0.507 e. The van der Waals surface area contributed by atoms with Crippen molar-refractivity contribution in [2.75, 3.05) is 26.4 Å². The van der Waals surface area contributed by atoms with Gasteiger partial charge in [-0.15, -0.1) is 0 Å². The topological polar surface area (TPSA) is 103 Å². The van der Waals surface area contributed by atoms with Gasteiger partial charge in [-0.25, -0.2) is 4.98 Å². The summed E-state index contributed by atoms with van der Waals surface area (Å²) in [5.41, 5.74) is 1.11. The van der Waals surface area contributed by atoms with Crippen molar-refractivity contribution in [3.8, 4) is 17.2 Å². The van der Waals surface area contributed by atoms with Crippen LogP contribution >= 0.6 is 0 Å². The molecule has 1 N–H and O–H groups in total. The number of carbonyl (C=O) groups is 2. The van der Waals surface area contributed by atoms with E-state index in [0.29, 0.717) is 67.7 Å².